The van der Waals surface area contributed by atoms with E-state index in [9.17, 15) is 4.79 Å². The molecule has 0 saturated carbocycles. The Morgan fingerprint density at radius 3 is 2.52 bits per heavy atom. The third-order valence-corrected chi connectivity index (χ3v) is 3.65. The Morgan fingerprint density at radius 2 is 1.95 bits per heavy atom. The summed E-state index contributed by atoms with van der Waals surface area (Å²) in [7, 11) is 1.30. The fraction of sp³-hybridized carbons (Fsp3) is 0.267. The zero-order valence-corrected chi connectivity index (χ0v) is 13.2. The highest BCUT2D eigenvalue weighted by Gasteiger charge is 2.23. The number of nitrogens with one attached hydrogen (secondary N) is 1. The summed E-state index contributed by atoms with van der Waals surface area (Å²) in [4.78, 5) is 11.5. The first kappa shape index (κ1) is 15.9. The van der Waals surface area contributed by atoms with Gasteiger partial charge in [-0.1, -0.05) is 36.2 Å². The van der Waals surface area contributed by atoms with Crippen molar-refractivity contribution in [2.75, 3.05) is 13.7 Å². The van der Waals surface area contributed by atoms with Crippen LogP contribution in [-0.2, 0) is 4.74 Å². The van der Waals surface area contributed by atoms with Crippen molar-refractivity contribution in [1.82, 2.24) is 5.32 Å². The van der Waals surface area contributed by atoms with Crippen LogP contribution in [0.25, 0.3) is 0 Å². The van der Waals surface area contributed by atoms with Crippen LogP contribution in [0.4, 0.5) is 0 Å². The molecule has 0 aliphatic heterocycles. The average Bonchev–Trinajstić information content (AvgIpc) is 2.95. The first-order valence-corrected chi connectivity index (χ1v) is 7.19. The van der Waals surface area contributed by atoms with E-state index >= 15 is 0 Å². The normalized spacial score (nSPS) is 12.2. The highest BCUT2D eigenvalue weighted by Crippen LogP contribution is 2.34. The average molecular weight is 328 g/mol. The summed E-state index contributed by atoms with van der Waals surface area (Å²) >= 11 is 12.5. The van der Waals surface area contributed by atoms with Gasteiger partial charge < -0.3 is 14.5 Å². The SMILES string of the molecule is CCNC(c1ccc(C(=O)OC)o1)c1c(Cl)cccc1Cl. The summed E-state index contributed by atoms with van der Waals surface area (Å²) in [6.07, 6.45) is 0. The van der Waals surface area contributed by atoms with Crippen molar-refractivity contribution in [3.8, 4) is 0 Å². The lowest BCUT2D eigenvalue weighted by Crippen LogP contribution is -2.22. The van der Waals surface area contributed by atoms with Gasteiger partial charge in [0, 0.05) is 15.6 Å². The lowest BCUT2D eigenvalue weighted by molar-refractivity contribution is 0.0562. The molecule has 0 spiro atoms. The second-order valence-electron chi connectivity index (χ2n) is 4.32. The molecule has 1 atom stereocenters. The molecule has 4 nitrogen and oxygen atoms in total. The Balaban J connectivity index is 2.44. The largest absolute Gasteiger partial charge is 0.463 e. The van der Waals surface area contributed by atoms with Gasteiger partial charge in [-0.2, -0.15) is 0 Å². The third-order valence-electron chi connectivity index (χ3n) is 2.99. The van der Waals surface area contributed by atoms with E-state index in [1.165, 1.54) is 7.11 Å². The van der Waals surface area contributed by atoms with Crippen LogP contribution in [-0.4, -0.2) is 19.6 Å². The molecule has 0 aliphatic carbocycles. The minimum Gasteiger partial charge on any atom is -0.463 e. The molecule has 0 bridgehead atoms. The molecule has 0 aliphatic rings. The Hall–Kier alpha value is -1.49. The smallest absolute Gasteiger partial charge is 0.373 e. The van der Waals surface area contributed by atoms with E-state index in [1.54, 1.807) is 30.3 Å². The molecular formula is C15H15Cl2NO3. The van der Waals surface area contributed by atoms with Crippen LogP contribution in [0.3, 0.4) is 0 Å². The quantitative estimate of drug-likeness (QED) is 0.841. The van der Waals surface area contributed by atoms with Crippen molar-refractivity contribution >= 4 is 29.2 Å². The number of carbonyl (C=O) groups is 1. The highest BCUT2D eigenvalue weighted by atomic mass is 35.5. The van der Waals surface area contributed by atoms with E-state index in [-0.39, 0.29) is 11.8 Å². The van der Waals surface area contributed by atoms with Crippen LogP contribution >= 0.6 is 23.2 Å². The Bertz CT molecular complexity index is 619. The molecule has 0 amide bonds. The van der Waals surface area contributed by atoms with Crippen LogP contribution in [0.2, 0.25) is 10.0 Å². The van der Waals surface area contributed by atoms with Crippen LogP contribution in [0.5, 0.6) is 0 Å². The van der Waals surface area contributed by atoms with Gasteiger partial charge in [-0.15, -0.1) is 0 Å². The van der Waals surface area contributed by atoms with Crippen LogP contribution < -0.4 is 5.32 Å². The summed E-state index contributed by atoms with van der Waals surface area (Å²) in [5, 5.41) is 4.32. The number of furan rings is 1. The molecular weight excluding hydrogens is 313 g/mol. The minimum atomic E-state index is -0.526. The zero-order chi connectivity index (χ0) is 15.4. The van der Waals surface area contributed by atoms with Gasteiger partial charge in [-0.3, -0.25) is 0 Å². The van der Waals surface area contributed by atoms with Crippen molar-refractivity contribution in [2.24, 2.45) is 0 Å². The van der Waals surface area contributed by atoms with Crippen molar-refractivity contribution in [1.29, 1.82) is 0 Å². The topological polar surface area (TPSA) is 51.5 Å². The number of hydrogen-bond acceptors (Lipinski definition) is 4. The molecule has 1 unspecified atom stereocenters. The third kappa shape index (κ3) is 3.40. The standard InChI is InChI=1S/C15H15Cl2NO3/c1-3-18-14(13-9(16)5-4-6-10(13)17)11-7-8-12(21-11)15(19)20-2/h4-8,14,18H,3H2,1-2H3. The van der Waals surface area contributed by atoms with Crippen molar-refractivity contribution in [2.45, 2.75) is 13.0 Å². The number of hydrogen-bond donors (Lipinski definition) is 1. The number of benzene rings is 1. The van der Waals surface area contributed by atoms with Crippen molar-refractivity contribution < 1.29 is 13.9 Å². The zero-order valence-electron chi connectivity index (χ0n) is 11.7. The second kappa shape index (κ2) is 6.98. The molecule has 6 heteroatoms. The fourth-order valence-corrected chi connectivity index (χ4v) is 2.67. The molecule has 1 heterocycles. The molecule has 112 valence electrons. The molecule has 1 aromatic carbocycles. The van der Waals surface area contributed by atoms with E-state index in [0.29, 0.717) is 27.9 Å². The van der Waals surface area contributed by atoms with E-state index in [1.807, 2.05) is 6.92 Å². The van der Waals surface area contributed by atoms with Gasteiger partial charge in [-0.05, 0) is 30.8 Å². The van der Waals surface area contributed by atoms with E-state index < -0.39 is 5.97 Å². The number of carbonyl (C=O) groups excluding carboxylic acids is 1. The van der Waals surface area contributed by atoms with Gasteiger partial charge in [0.25, 0.3) is 0 Å². The van der Waals surface area contributed by atoms with Crippen molar-refractivity contribution in [3.05, 3.63) is 57.5 Å². The van der Waals surface area contributed by atoms with Gasteiger partial charge in [0.1, 0.15) is 5.76 Å². The predicted octanol–water partition coefficient (Wildman–Crippen LogP) is 4.07. The lowest BCUT2D eigenvalue weighted by atomic mass is 10.0. The van der Waals surface area contributed by atoms with Crippen LogP contribution in [0.1, 0.15) is 34.8 Å². The molecule has 0 saturated heterocycles. The number of methoxy groups -OCH3 is 1. The first-order valence-electron chi connectivity index (χ1n) is 6.43. The van der Waals surface area contributed by atoms with Gasteiger partial charge in [0.15, 0.2) is 0 Å². The highest BCUT2D eigenvalue weighted by molar-refractivity contribution is 6.36. The molecule has 1 aromatic heterocycles. The molecule has 1 N–H and O–H groups in total. The molecule has 2 rings (SSSR count). The number of ether oxygens (including phenoxy) is 1. The van der Waals surface area contributed by atoms with Crippen LogP contribution in [0.15, 0.2) is 34.7 Å². The number of halogens is 2. The van der Waals surface area contributed by atoms with Crippen molar-refractivity contribution in [3.63, 3.8) is 0 Å². The predicted molar refractivity (Wildman–Crippen MR) is 82.0 cm³/mol. The Kier molecular flexibility index (Phi) is 5.28. The number of esters is 1. The second-order valence-corrected chi connectivity index (χ2v) is 5.13. The first-order chi connectivity index (χ1) is 10.1. The number of rotatable bonds is 5. The van der Waals surface area contributed by atoms with E-state index in [0.717, 1.165) is 0 Å². The molecule has 0 fully saturated rings. The maximum absolute atomic E-state index is 11.5. The minimum absolute atomic E-state index is 0.138. The summed E-state index contributed by atoms with van der Waals surface area (Å²) < 4.78 is 10.2. The molecule has 2 aromatic rings. The van der Waals surface area contributed by atoms with Gasteiger partial charge in [0.05, 0.1) is 13.2 Å². The van der Waals surface area contributed by atoms with E-state index in [4.69, 9.17) is 27.6 Å². The summed E-state index contributed by atoms with van der Waals surface area (Å²) in [5.41, 5.74) is 0.716. The van der Waals surface area contributed by atoms with Crippen LogP contribution in [0, 0.1) is 0 Å². The van der Waals surface area contributed by atoms with Gasteiger partial charge in [-0.25, -0.2) is 4.79 Å². The monoisotopic (exact) mass is 327 g/mol. The van der Waals surface area contributed by atoms with Gasteiger partial charge >= 0.3 is 5.97 Å². The summed E-state index contributed by atoms with van der Waals surface area (Å²) in [5.74, 6) is 0.160. The lowest BCUT2D eigenvalue weighted by Gasteiger charge is -2.18. The molecule has 0 radical (unpaired) electrons. The fourth-order valence-electron chi connectivity index (χ4n) is 2.05. The summed E-state index contributed by atoms with van der Waals surface area (Å²) in [6.45, 7) is 2.64. The Labute approximate surface area is 133 Å². The molecule has 21 heavy (non-hydrogen) atoms. The van der Waals surface area contributed by atoms with Gasteiger partial charge in [0.2, 0.25) is 5.76 Å². The van der Waals surface area contributed by atoms with E-state index in [2.05, 4.69) is 10.1 Å². The Morgan fingerprint density at radius 1 is 1.29 bits per heavy atom. The summed E-state index contributed by atoms with van der Waals surface area (Å²) in [6, 6.07) is 8.23. The maximum atomic E-state index is 11.5. The maximum Gasteiger partial charge on any atom is 0.373 e.